The van der Waals surface area contributed by atoms with Crippen LogP contribution in [0.4, 0.5) is 4.79 Å². The van der Waals surface area contributed by atoms with Crippen molar-refractivity contribution in [3.05, 3.63) is 48.0 Å². The van der Waals surface area contributed by atoms with Gasteiger partial charge < -0.3 is 25.0 Å². The van der Waals surface area contributed by atoms with Crippen LogP contribution in [0.15, 0.2) is 42.5 Å². The summed E-state index contributed by atoms with van der Waals surface area (Å²) < 4.78 is 5.40. The number of carbonyl (C=O) groups is 2. The minimum Gasteiger partial charge on any atom is -0.444 e. The Kier molecular flexibility index (Phi) is 8.05. The Morgan fingerprint density at radius 3 is 2.71 bits per heavy atom. The van der Waals surface area contributed by atoms with Crippen LogP contribution in [0.25, 0.3) is 0 Å². The van der Waals surface area contributed by atoms with E-state index in [2.05, 4.69) is 11.9 Å². The van der Waals surface area contributed by atoms with Crippen molar-refractivity contribution in [2.45, 2.75) is 37.7 Å². The molecular formula is C19H24BN3O5. The number of rotatable bonds is 6. The summed E-state index contributed by atoms with van der Waals surface area (Å²) in [6.07, 6.45) is 0.958. The maximum absolute atomic E-state index is 12.3. The average Bonchev–Trinajstić information content (AvgIpc) is 2.92. The molecule has 1 aromatic rings. The minimum absolute atomic E-state index is 0.156. The standard InChI is InChI=1S/C19H24BN3O5/c1-14(12-21)18(24)23-10-6-5-9-16(13-23)28-19(25)22-17(20(26)27)11-15-7-3-2-4-8-15/h2-4,7-8,16-17,26-27H,1,5-6,9-11,13H2,(H,22,25)/t16-,17-/m0/s1. The quantitative estimate of drug-likeness (QED) is 0.378. The number of nitrogens with zero attached hydrogens (tertiary/aromatic N) is 2. The van der Waals surface area contributed by atoms with E-state index in [9.17, 15) is 19.6 Å². The first-order valence-corrected chi connectivity index (χ1v) is 9.16. The van der Waals surface area contributed by atoms with Gasteiger partial charge >= 0.3 is 13.2 Å². The van der Waals surface area contributed by atoms with E-state index >= 15 is 0 Å². The largest absolute Gasteiger partial charge is 0.475 e. The lowest BCUT2D eigenvalue weighted by Crippen LogP contribution is -2.49. The van der Waals surface area contributed by atoms with Gasteiger partial charge in [-0.05, 0) is 31.2 Å². The van der Waals surface area contributed by atoms with Gasteiger partial charge in [0.25, 0.3) is 5.91 Å². The molecule has 0 aromatic heterocycles. The zero-order chi connectivity index (χ0) is 20.5. The van der Waals surface area contributed by atoms with Crippen molar-refractivity contribution in [1.82, 2.24) is 10.2 Å². The number of benzene rings is 1. The van der Waals surface area contributed by atoms with Crippen LogP contribution in [-0.2, 0) is 16.0 Å². The summed E-state index contributed by atoms with van der Waals surface area (Å²) in [5.41, 5.74) is 0.679. The summed E-state index contributed by atoms with van der Waals surface area (Å²) in [7, 11) is -1.75. The predicted octanol–water partition coefficient (Wildman–Crippen LogP) is 0.797. The van der Waals surface area contributed by atoms with Gasteiger partial charge in [0.2, 0.25) is 0 Å². The molecule has 2 amide bonds. The number of nitriles is 1. The minimum atomic E-state index is -1.75. The fraction of sp³-hybridized carbons (Fsp3) is 0.421. The summed E-state index contributed by atoms with van der Waals surface area (Å²) in [4.78, 5) is 25.9. The molecule has 0 bridgehead atoms. The highest BCUT2D eigenvalue weighted by Crippen LogP contribution is 2.16. The third-order valence-electron chi connectivity index (χ3n) is 4.54. The van der Waals surface area contributed by atoms with Gasteiger partial charge in [0, 0.05) is 6.54 Å². The van der Waals surface area contributed by atoms with Crippen molar-refractivity contribution >= 4 is 19.1 Å². The number of ether oxygens (including phenoxy) is 1. The lowest BCUT2D eigenvalue weighted by molar-refractivity contribution is -0.127. The van der Waals surface area contributed by atoms with Crippen molar-refractivity contribution in [1.29, 1.82) is 5.26 Å². The second kappa shape index (κ2) is 10.5. The van der Waals surface area contributed by atoms with Crippen molar-refractivity contribution in [2.24, 2.45) is 0 Å². The molecule has 28 heavy (non-hydrogen) atoms. The first kappa shape index (κ1) is 21.5. The number of alkyl carbamates (subject to hydrolysis) is 1. The maximum atomic E-state index is 12.3. The van der Waals surface area contributed by atoms with Gasteiger partial charge in [-0.1, -0.05) is 36.9 Å². The Balaban J connectivity index is 1.94. The number of hydrogen-bond donors (Lipinski definition) is 3. The second-order valence-electron chi connectivity index (χ2n) is 6.72. The molecule has 2 atom stereocenters. The molecule has 0 radical (unpaired) electrons. The van der Waals surface area contributed by atoms with Crippen molar-refractivity contribution in [2.75, 3.05) is 13.1 Å². The van der Waals surface area contributed by atoms with E-state index in [0.717, 1.165) is 18.4 Å². The Labute approximate surface area is 164 Å². The van der Waals surface area contributed by atoms with Gasteiger partial charge in [0.1, 0.15) is 17.7 Å². The fourth-order valence-corrected chi connectivity index (χ4v) is 3.06. The molecule has 9 heteroatoms. The lowest BCUT2D eigenvalue weighted by Gasteiger charge is -2.25. The monoisotopic (exact) mass is 385 g/mol. The molecular weight excluding hydrogens is 361 g/mol. The van der Waals surface area contributed by atoms with E-state index < -0.39 is 31.2 Å². The highest BCUT2D eigenvalue weighted by Gasteiger charge is 2.29. The summed E-state index contributed by atoms with van der Waals surface area (Å²) in [5.74, 6) is -1.40. The van der Waals surface area contributed by atoms with Gasteiger partial charge in [-0.15, -0.1) is 0 Å². The molecule has 1 aliphatic heterocycles. The summed E-state index contributed by atoms with van der Waals surface area (Å²) in [6, 6.07) is 10.9. The number of likely N-dealkylation sites (tertiary alicyclic amines) is 1. The molecule has 0 spiro atoms. The predicted molar refractivity (Wildman–Crippen MR) is 103 cm³/mol. The molecule has 8 nitrogen and oxygen atoms in total. The molecule has 148 valence electrons. The number of nitrogens with one attached hydrogen (secondary N) is 1. The van der Waals surface area contributed by atoms with Gasteiger partial charge in [-0.3, -0.25) is 4.79 Å². The molecule has 1 aliphatic rings. The van der Waals surface area contributed by atoms with E-state index in [4.69, 9.17) is 10.00 Å². The molecule has 0 saturated carbocycles. The van der Waals surface area contributed by atoms with E-state index in [1.165, 1.54) is 4.90 Å². The van der Waals surface area contributed by atoms with E-state index in [1.54, 1.807) is 6.07 Å². The number of carbonyl (C=O) groups excluding carboxylic acids is 2. The van der Waals surface area contributed by atoms with Crippen LogP contribution in [0.3, 0.4) is 0 Å². The van der Waals surface area contributed by atoms with E-state index in [1.807, 2.05) is 30.3 Å². The number of amides is 2. The Hall–Kier alpha value is -2.83. The van der Waals surface area contributed by atoms with Crippen molar-refractivity contribution < 1.29 is 24.4 Å². The topological polar surface area (TPSA) is 123 Å². The van der Waals surface area contributed by atoms with Crippen LogP contribution in [0, 0.1) is 11.3 Å². The average molecular weight is 385 g/mol. The summed E-state index contributed by atoms with van der Waals surface area (Å²) >= 11 is 0. The Bertz CT molecular complexity index is 735. The maximum Gasteiger partial charge on any atom is 0.475 e. The van der Waals surface area contributed by atoms with Crippen molar-refractivity contribution in [3.8, 4) is 6.07 Å². The normalized spacial score (nSPS) is 17.6. The fourth-order valence-electron chi connectivity index (χ4n) is 3.06. The van der Waals surface area contributed by atoms with Gasteiger partial charge in [-0.2, -0.15) is 5.26 Å². The Morgan fingerprint density at radius 1 is 1.36 bits per heavy atom. The molecule has 3 N–H and O–H groups in total. The molecule has 1 aromatic carbocycles. The summed E-state index contributed by atoms with van der Waals surface area (Å²) in [5, 5.41) is 30.5. The molecule has 1 fully saturated rings. The SMILES string of the molecule is C=C(C#N)C(=O)N1CCCC[C@H](OC(=O)N[C@@H](Cc2ccccc2)B(O)O)C1. The zero-order valence-corrected chi connectivity index (χ0v) is 15.6. The smallest absolute Gasteiger partial charge is 0.444 e. The highest BCUT2D eigenvalue weighted by molar-refractivity contribution is 6.43. The molecule has 0 unspecified atom stereocenters. The van der Waals surface area contributed by atoms with Crippen LogP contribution < -0.4 is 5.32 Å². The molecule has 1 heterocycles. The van der Waals surface area contributed by atoms with Crippen LogP contribution in [0.1, 0.15) is 24.8 Å². The van der Waals surface area contributed by atoms with Crippen LogP contribution >= 0.6 is 0 Å². The number of hydrogen-bond acceptors (Lipinski definition) is 6. The highest BCUT2D eigenvalue weighted by atomic mass is 16.6. The van der Waals surface area contributed by atoms with E-state index in [0.29, 0.717) is 13.0 Å². The van der Waals surface area contributed by atoms with Crippen LogP contribution in [0.2, 0.25) is 0 Å². The van der Waals surface area contributed by atoms with Crippen molar-refractivity contribution in [3.63, 3.8) is 0 Å². The first-order chi connectivity index (χ1) is 13.4. The molecule has 2 rings (SSSR count). The van der Waals surface area contributed by atoms with E-state index in [-0.39, 0.29) is 18.5 Å². The van der Waals surface area contributed by atoms with Gasteiger partial charge in [-0.25, -0.2) is 4.79 Å². The third-order valence-corrected chi connectivity index (χ3v) is 4.54. The van der Waals surface area contributed by atoms with Gasteiger partial charge in [0.05, 0.1) is 12.5 Å². The van der Waals surface area contributed by atoms with Crippen LogP contribution in [0.5, 0.6) is 0 Å². The zero-order valence-electron chi connectivity index (χ0n) is 15.6. The Morgan fingerprint density at radius 2 is 2.07 bits per heavy atom. The molecule has 1 saturated heterocycles. The molecule has 0 aliphatic carbocycles. The summed E-state index contributed by atoms with van der Waals surface area (Å²) in [6.45, 7) is 4.07. The lowest BCUT2D eigenvalue weighted by atomic mass is 9.76. The second-order valence-corrected chi connectivity index (χ2v) is 6.72. The first-order valence-electron chi connectivity index (χ1n) is 9.16. The van der Waals surface area contributed by atoms with Crippen LogP contribution in [-0.4, -0.2) is 59.2 Å². The van der Waals surface area contributed by atoms with Gasteiger partial charge in [0.15, 0.2) is 0 Å². The third kappa shape index (κ3) is 6.41.